The van der Waals surface area contributed by atoms with Crippen molar-refractivity contribution < 1.29 is 14.6 Å². The van der Waals surface area contributed by atoms with Gasteiger partial charge in [-0.3, -0.25) is 4.68 Å². The molecule has 1 aliphatic heterocycles. The van der Waals surface area contributed by atoms with E-state index in [9.17, 15) is 9.90 Å². The fourth-order valence-electron chi connectivity index (χ4n) is 2.12. The fourth-order valence-corrected chi connectivity index (χ4v) is 2.12. The van der Waals surface area contributed by atoms with Crippen LogP contribution in [-0.4, -0.2) is 47.2 Å². The number of anilines is 2. The molecule has 0 amide bonds. The minimum atomic E-state index is -0.485. The van der Waals surface area contributed by atoms with Crippen molar-refractivity contribution in [1.82, 2.24) is 9.78 Å². The number of rotatable bonds is 2. The first-order valence-corrected chi connectivity index (χ1v) is 5.88. The lowest BCUT2D eigenvalue weighted by molar-refractivity contribution is 0.0602. The number of hydrogen-bond donors (Lipinski definition) is 2. The van der Waals surface area contributed by atoms with Crippen molar-refractivity contribution in [1.29, 1.82) is 0 Å². The molecule has 1 aliphatic rings. The van der Waals surface area contributed by atoms with Gasteiger partial charge >= 0.3 is 5.97 Å². The van der Waals surface area contributed by atoms with E-state index in [1.165, 1.54) is 11.8 Å². The number of esters is 1. The van der Waals surface area contributed by atoms with Gasteiger partial charge < -0.3 is 20.5 Å². The lowest BCUT2D eigenvalue weighted by atomic mass is 10.1. The summed E-state index contributed by atoms with van der Waals surface area (Å²) in [5.41, 5.74) is 6.14. The second-order valence-electron chi connectivity index (χ2n) is 4.42. The van der Waals surface area contributed by atoms with E-state index in [1.807, 2.05) is 4.90 Å². The summed E-state index contributed by atoms with van der Waals surface area (Å²) in [5.74, 6) is 0.346. The Balaban J connectivity index is 2.32. The Labute approximate surface area is 105 Å². The van der Waals surface area contributed by atoms with Crippen LogP contribution >= 0.6 is 0 Å². The van der Waals surface area contributed by atoms with Gasteiger partial charge in [-0.25, -0.2) is 4.79 Å². The quantitative estimate of drug-likeness (QED) is 0.707. The van der Waals surface area contributed by atoms with Crippen molar-refractivity contribution in [3.8, 4) is 0 Å². The van der Waals surface area contributed by atoms with Crippen molar-refractivity contribution in [3.05, 3.63) is 5.56 Å². The minimum absolute atomic E-state index is 0.274. The molecule has 1 saturated heterocycles. The number of methoxy groups -OCH3 is 1. The lowest BCUT2D eigenvalue weighted by Crippen LogP contribution is -2.36. The van der Waals surface area contributed by atoms with E-state index < -0.39 is 5.97 Å². The molecule has 3 N–H and O–H groups in total. The molecule has 18 heavy (non-hydrogen) atoms. The summed E-state index contributed by atoms with van der Waals surface area (Å²) < 4.78 is 6.20. The molecule has 0 saturated carbocycles. The van der Waals surface area contributed by atoms with Gasteiger partial charge in [0.1, 0.15) is 11.4 Å². The number of carbonyl (C=O) groups is 1. The third-order valence-electron chi connectivity index (χ3n) is 3.23. The number of nitrogens with two attached hydrogens (primary N) is 1. The Morgan fingerprint density at radius 2 is 2.11 bits per heavy atom. The highest BCUT2D eigenvalue weighted by Gasteiger charge is 2.28. The predicted octanol–water partition coefficient (Wildman–Crippen LogP) is -0.250. The van der Waals surface area contributed by atoms with E-state index in [2.05, 4.69) is 5.10 Å². The summed E-state index contributed by atoms with van der Waals surface area (Å²) in [6, 6.07) is 0. The number of aliphatic hydroxyl groups excluding tert-OH is 1. The summed E-state index contributed by atoms with van der Waals surface area (Å²) in [6.07, 6.45) is 1.05. The number of aliphatic hydroxyl groups is 1. The number of aryl methyl sites for hydroxylation is 1. The Kier molecular flexibility index (Phi) is 3.42. The first-order valence-electron chi connectivity index (χ1n) is 5.88. The Bertz CT molecular complexity index is 449. The molecule has 0 spiro atoms. The SMILES string of the molecule is COC(=O)c1c(N2CCC(O)CC2)nn(C)c1N. The second-order valence-corrected chi connectivity index (χ2v) is 4.42. The topological polar surface area (TPSA) is 93.6 Å². The van der Waals surface area contributed by atoms with Gasteiger partial charge in [-0.2, -0.15) is 5.10 Å². The van der Waals surface area contributed by atoms with Gasteiger partial charge in [-0.05, 0) is 12.8 Å². The van der Waals surface area contributed by atoms with E-state index in [-0.39, 0.29) is 6.10 Å². The zero-order valence-corrected chi connectivity index (χ0v) is 10.6. The molecule has 0 aromatic carbocycles. The molecule has 2 heterocycles. The number of nitrogen functional groups attached to an aromatic ring is 1. The van der Waals surface area contributed by atoms with Gasteiger partial charge in [-0.1, -0.05) is 0 Å². The third-order valence-corrected chi connectivity index (χ3v) is 3.23. The van der Waals surface area contributed by atoms with Gasteiger partial charge in [0, 0.05) is 20.1 Å². The Morgan fingerprint density at radius 1 is 1.50 bits per heavy atom. The standard InChI is InChI=1S/C11H18N4O3/c1-14-9(12)8(11(17)18-2)10(13-14)15-5-3-7(16)4-6-15/h7,16H,3-6,12H2,1-2H3. The molecule has 0 unspecified atom stereocenters. The van der Waals surface area contributed by atoms with Crippen LogP contribution in [0.15, 0.2) is 0 Å². The highest BCUT2D eigenvalue weighted by atomic mass is 16.5. The minimum Gasteiger partial charge on any atom is -0.465 e. The van der Waals surface area contributed by atoms with E-state index in [4.69, 9.17) is 10.5 Å². The molecule has 100 valence electrons. The number of nitrogens with zero attached hydrogens (tertiary/aromatic N) is 3. The Morgan fingerprint density at radius 3 is 2.67 bits per heavy atom. The first kappa shape index (κ1) is 12.7. The van der Waals surface area contributed by atoms with E-state index >= 15 is 0 Å². The van der Waals surface area contributed by atoms with E-state index in [0.29, 0.717) is 43.1 Å². The zero-order valence-electron chi connectivity index (χ0n) is 10.6. The average Bonchev–Trinajstić information content (AvgIpc) is 2.66. The molecule has 0 aliphatic carbocycles. The third kappa shape index (κ3) is 2.13. The molecular weight excluding hydrogens is 236 g/mol. The average molecular weight is 254 g/mol. The van der Waals surface area contributed by atoms with Crippen LogP contribution in [-0.2, 0) is 11.8 Å². The maximum absolute atomic E-state index is 11.7. The molecule has 1 fully saturated rings. The van der Waals surface area contributed by atoms with Crippen LogP contribution in [0.25, 0.3) is 0 Å². The smallest absolute Gasteiger partial charge is 0.345 e. The normalized spacial score (nSPS) is 16.9. The van der Waals surface area contributed by atoms with Crippen molar-refractivity contribution in [2.75, 3.05) is 30.8 Å². The van der Waals surface area contributed by atoms with Crippen LogP contribution in [0.4, 0.5) is 11.6 Å². The molecule has 1 aromatic heterocycles. The largest absolute Gasteiger partial charge is 0.465 e. The van der Waals surface area contributed by atoms with Crippen LogP contribution in [0.5, 0.6) is 0 Å². The molecule has 7 heteroatoms. The molecule has 7 nitrogen and oxygen atoms in total. The molecule has 1 aromatic rings. The molecule has 2 rings (SSSR count). The fraction of sp³-hybridized carbons (Fsp3) is 0.636. The van der Waals surface area contributed by atoms with Gasteiger partial charge in [0.15, 0.2) is 5.82 Å². The van der Waals surface area contributed by atoms with Gasteiger partial charge in [0.25, 0.3) is 0 Å². The predicted molar refractivity (Wildman–Crippen MR) is 66.4 cm³/mol. The van der Waals surface area contributed by atoms with Crippen LogP contribution in [0.2, 0.25) is 0 Å². The van der Waals surface area contributed by atoms with Crippen LogP contribution in [0.3, 0.4) is 0 Å². The van der Waals surface area contributed by atoms with Gasteiger partial charge in [0.05, 0.1) is 13.2 Å². The monoisotopic (exact) mass is 254 g/mol. The van der Waals surface area contributed by atoms with Crippen LogP contribution in [0, 0.1) is 0 Å². The van der Waals surface area contributed by atoms with E-state index in [0.717, 1.165) is 0 Å². The van der Waals surface area contributed by atoms with Crippen molar-refractivity contribution in [2.24, 2.45) is 7.05 Å². The summed E-state index contributed by atoms with van der Waals surface area (Å²) >= 11 is 0. The molecule has 0 bridgehead atoms. The zero-order chi connectivity index (χ0) is 13.3. The van der Waals surface area contributed by atoms with Crippen molar-refractivity contribution in [3.63, 3.8) is 0 Å². The number of carbonyl (C=O) groups excluding carboxylic acids is 1. The molecule has 0 atom stereocenters. The number of aromatic nitrogens is 2. The lowest BCUT2D eigenvalue weighted by Gasteiger charge is -2.30. The van der Waals surface area contributed by atoms with E-state index in [1.54, 1.807) is 7.05 Å². The highest BCUT2D eigenvalue weighted by Crippen LogP contribution is 2.27. The summed E-state index contributed by atoms with van der Waals surface area (Å²) in [5, 5.41) is 13.8. The summed E-state index contributed by atoms with van der Waals surface area (Å²) in [7, 11) is 3.00. The van der Waals surface area contributed by atoms with Crippen molar-refractivity contribution in [2.45, 2.75) is 18.9 Å². The second kappa shape index (κ2) is 4.85. The maximum atomic E-state index is 11.7. The Hall–Kier alpha value is -1.76. The first-order chi connectivity index (χ1) is 8.54. The summed E-state index contributed by atoms with van der Waals surface area (Å²) in [6.45, 7) is 1.31. The highest BCUT2D eigenvalue weighted by molar-refractivity contribution is 5.99. The molecular formula is C11H18N4O3. The molecule has 0 radical (unpaired) electrons. The van der Waals surface area contributed by atoms with Crippen molar-refractivity contribution >= 4 is 17.6 Å². The maximum Gasteiger partial charge on any atom is 0.345 e. The number of piperidine rings is 1. The van der Waals surface area contributed by atoms with Crippen LogP contribution in [0.1, 0.15) is 23.2 Å². The number of hydrogen-bond acceptors (Lipinski definition) is 6. The van der Waals surface area contributed by atoms with Crippen LogP contribution < -0.4 is 10.6 Å². The summed E-state index contributed by atoms with van der Waals surface area (Å²) in [4.78, 5) is 13.7. The van der Waals surface area contributed by atoms with Gasteiger partial charge in [0.2, 0.25) is 0 Å². The van der Waals surface area contributed by atoms with Gasteiger partial charge in [-0.15, -0.1) is 0 Å². The number of ether oxygens (including phenoxy) is 1.